The van der Waals surface area contributed by atoms with Crippen molar-refractivity contribution in [2.45, 2.75) is 32.7 Å². The highest BCUT2D eigenvalue weighted by Gasteiger charge is 2.29. The normalized spacial score (nSPS) is 17.4. The van der Waals surface area contributed by atoms with Crippen molar-refractivity contribution in [1.29, 1.82) is 0 Å². The van der Waals surface area contributed by atoms with Crippen molar-refractivity contribution < 1.29 is 0 Å². The molecule has 1 aliphatic rings. The van der Waals surface area contributed by atoms with E-state index in [0.717, 1.165) is 53.9 Å². The molecule has 0 spiro atoms. The van der Waals surface area contributed by atoms with Crippen molar-refractivity contribution >= 4 is 5.82 Å². The van der Waals surface area contributed by atoms with E-state index in [1.54, 1.807) is 12.5 Å². The van der Waals surface area contributed by atoms with Crippen molar-refractivity contribution in [3.63, 3.8) is 0 Å². The molecule has 0 amide bonds. The van der Waals surface area contributed by atoms with E-state index in [9.17, 15) is 0 Å². The summed E-state index contributed by atoms with van der Waals surface area (Å²) < 4.78 is 0. The van der Waals surface area contributed by atoms with Crippen molar-refractivity contribution in [3.05, 3.63) is 48.1 Å². The number of nitrogens with zero attached hydrogens (tertiary/aromatic N) is 6. The Morgan fingerprint density at radius 3 is 2.88 bits per heavy atom. The van der Waals surface area contributed by atoms with Gasteiger partial charge in [0.2, 0.25) is 0 Å². The van der Waals surface area contributed by atoms with Crippen LogP contribution < -0.4 is 4.90 Å². The molecule has 3 aromatic rings. The minimum absolute atomic E-state index is 0.205. The second-order valence-electron chi connectivity index (χ2n) is 6.06. The number of anilines is 1. The molecule has 0 aliphatic carbocycles. The quantitative estimate of drug-likeness (QED) is 0.798. The van der Waals surface area contributed by atoms with Gasteiger partial charge in [-0.1, -0.05) is 0 Å². The Bertz CT molecular complexity index is 843. The van der Waals surface area contributed by atoms with Gasteiger partial charge in [-0.25, -0.2) is 24.9 Å². The van der Waals surface area contributed by atoms with E-state index >= 15 is 0 Å². The molecule has 0 aromatic carbocycles. The zero-order chi connectivity index (χ0) is 16.5. The van der Waals surface area contributed by atoms with Gasteiger partial charge in [-0.15, -0.1) is 0 Å². The summed E-state index contributed by atoms with van der Waals surface area (Å²) in [4.78, 5) is 27.6. The summed E-state index contributed by atoms with van der Waals surface area (Å²) in [7, 11) is 0. The van der Waals surface area contributed by atoms with E-state index in [2.05, 4.69) is 34.8 Å². The van der Waals surface area contributed by atoms with Gasteiger partial charge in [0.05, 0.1) is 11.7 Å². The van der Waals surface area contributed by atoms with Crippen molar-refractivity contribution in [2.75, 3.05) is 11.4 Å². The fourth-order valence-electron chi connectivity index (χ4n) is 3.23. The molecule has 1 aliphatic heterocycles. The van der Waals surface area contributed by atoms with Crippen LogP contribution in [-0.4, -0.2) is 36.4 Å². The summed E-state index contributed by atoms with van der Waals surface area (Å²) >= 11 is 0. The average Bonchev–Trinajstić information content (AvgIpc) is 3.24. The third-order valence-electron chi connectivity index (χ3n) is 4.26. The largest absolute Gasteiger partial charge is 0.348 e. The van der Waals surface area contributed by atoms with Crippen LogP contribution in [0.2, 0.25) is 0 Å². The fraction of sp³-hybridized carbons (Fsp3) is 0.353. The summed E-state index contributed by atoms with van der Waals surface area (Å²) in [6.07, 6.45) is 7.35. The van der Waals surface area contributed by atoms with Gasteiger partial charge in [-0.3, -0.25) is 0 Å². The van der Waals surface area contributed by atoms with Crippen LogP contribution >= 0.6 is 0 Å². The molecule has 24 heavy (non-hydrogen) atoms. The Balaban J connectivity index is 1.72. The van der Waals surface area contributed by atoms with Gasteiger partial charge < -0.3 is 9.88 Å². The van der Waals surface area contributed by atoms with Gasteiger partial charge in [0.15, 0.2) is 5.82 Å². The highest BCUT2D eigenvalue weighted by molar-refractivity contribution is 5.51. The third kappa shape index (κ3) is 2.73. The highest BCUT2D eigenvalue weighted by atomic mass is 15.2. The second-order valence-corrected chi connectivity index (χ2v) is 6.06. The van der Waals surface area contributed by atoms with Gasteiger partial charge >= 0.3 is 0 Å². The Kier molecular flexibility index (Phi) is 3.68. The molecule has 122 valence electrons. The molecule has 4 rings (SSSR count). The van der Waals surface area contributed by atoms with Gasteiger partial charge in [0.25, 0.3) is 0 Å². The maximum Gasteiger partial charge on any atom is 0.156 e. The average molecular weight is 321 g/mol. The first-order chi connectivity index (χ1) is 11.7. The molecule has 0 radical (unpaired) electrons. The molecule has 1 fully saturated rings. The van der Waals surface area contributed by atoms with Crippen LogP contribution in [0.15, 0.2) is 30.9 Å². The van der Waals surface area contributed by atoms with E-state index in [0.29, 0.717) is 0 Å². The lowest BCUT2D eigenvalue weighted by atomic mass is 10.1. The number of rotatable bonds is 3. The van der Waals surface area contributed by atoms with E-state index in [-0.39, 0.29) is 6.04 Å². The van der Waals surface area contributed by atoms with Crippen molar-refractivity contribution in [1.82, 2.24) is 29.9 Å². The standard InChI is InChI=1S/C17H19N7/c1-11-9-19-17(21-11)14-8-13(22-12(2)23-14)15-4-3-7-24(15)16-5-6-18-10-20-16/h5-6,8-10,15H,3-4,7H2,1-2H3,(H,19,21)/t15-/m0/s1. The fourth-order valence-corrected chi connectivity index (χ4v) is 3.23. The summed E-state index contributed by atoms with van der Waals surface area (Å²) in [5.41, 5.74) is 2.87. The lowest BCUT2D eigenvalue weighted by molar-refractivity contribution is 0.680. The Labute approximate surface area is 140 Å². The van der Waals surface area contributed by atoms with Crippen LogP contribution in [0, 0.1) is 13.8 Å². The van der Waals surface area contributed by atoms with Gasteiger partial charge in [-0.2, -0.15) is 0 Å². The Morgan fingerprint density at radius 1 is 1.21 bits per heavy atom. The van der Waals surface area contributed by atoms with E-state index in [1.807, 2.05) is 32.2 Å². The molecule has 1 N–H and O–H groups in total. The maximum absolute atomic E-state index is 4.69. The van der Waals surface area contributed by atoms with E-state index in [4.69, 9.17) is 0 Å². The maximum atomic E-state index is 4.69. The number of H-pyrrole nitrogens is 1. The van der Waals surface area contributed by atoms with Gasteiger partial charge in [0, 0.05) is 24.6 Å². The monoisotopic (exact) mass is 321 g/mol. The number of aryl methyl sites for hydroxylation is 2. The predicted molar refractivity (Wildman–Crippen MR) is 90.4 cm³/mol. The first kappa shape index (κ1) is 14.7. The summed E-state index contributed by atoms with van der Waals surface area (Å²) in [5.74, 6) is 2.48. The number of hydrogen-bond donors (Lipinski definition) is 1. The molecule has 3 aromatic heterocycles. The minimum atomic E-state index is 0.205. The summed E-state index contributed by atoms with van der Waals surface area (Å²) in [6, 6.07) is 4.19. The van der Waals surface area contributed by atoms with Gasteiger partial charge in [0.1, 0.15) is 23.7 Å². The van der Waals surface area contributed by atoms with E-state index in [1.165, 1.54) is 0 Å². The molecule has 0 saturated carbocycles. The molecule has 7 nitrogen and oxygen atoms in total. The van der Waals surface area contributed by atoms with Crippen LogP contribution in [-0.2, 0) is 0 Å². The van der Waals surface area contributed by atoms with Crippen LogP contribution in [0.4, 0.5) is 5.82 Å². The van der Waals surface area contributed by atoms with Crippen molar-refractivity contribution in [3.8, 4) is 11.5 Å². The first-order valence-electron chi connectivity index (χ1n) is 8.11. The molecular formula is C17H19N7. The Hall–Kier alpha value is -2.83. The van der Waals surface area contributed by atoms with Crippen LogP contribution in [0.3, 0.4) is 0 Å². The number of aromatic amines is 1. The van der Waals surface area contributed by atoms with Crippen LogP contribution in [0.5, 0.6) is 0 Å². The highest BCUT2D eigenvalue weighted by Crippen LogP contribution is 2.34. The number of hydrogen-bond acceptors (Lipinski definition) is 6. The van der Waals surface area contributed by atoms with Crippen LogP contribution in [0.1, 0.15) is 36.1 Å². The van der Waals surface area contributed by atoms with Gasteiger partial charge in [-0.05, 0) is 38.8 Å². The lowest BCUT2D eigenvalue weighted by Crippen LogP contribution is -2.24. The smallest absolute Gasteiger partial charge is 0.156 e. The third-order valence-corrected chi connectivity index (χ3v) is 4.26. The number of nitrogens with one attached hydrogen (secondary N) is 1. The molecule has 1 atom stereocenters. The number of aromatic nitrogens is 6. The summed E-state index contributed by atoms with van der Waals surface area (Å²) in [6.45, 7) is 4.88. The Morgan fingerprint density at radius 2 is 2.12 bits per heavy atom. The second kappa shape index (κ2) is 5.99. The molecule has 0 unspecified atom stereocenters. The van der Waals surface area contributed by atoms with E-state index < -0.39 is 0 Å². The topological polar surface area (TPSA) is 83.5 Å². The van der Waals surface area contributed by atoms with Crippen molar-refractivity contribution in [2.24, 2.45) is 0 Å². The first-order valence-corrected chi connectivity index (χ1v) is 8.11. The zero-order valence-corrected chi connectivity index (χ0v) is 13.8. The SMILES string of the molecule is Cc1nc(-c2ncc(C)[nH]2)cc([C@@H]2CCCN2c2ccncn2)n1. The minimum Gasteiger partial charge on any atom is -0.348 e. The molecule has 1 saturated heterocycles. The predicted octanol–water partition coefficient (Wildman–Crippen LogP) is 2.62. The summed E-state index contributed by atoms with van der Waals surface area (Å²) in [5, 5.41) is 0. The van der Waals surface area contributed by atoms with Crippen LogP contribution in [0.25, 0.3) is 11.5 Å². The molecule has 4 heterocycles. The molecule has 7 heteroatoms. The number of imidazole rings is 1. The molecular weight excluding hydrogens is 302 g/mol. The lowest BCUT2D eigenvalue weighted by Gasteiger charge is -2.25. The zero-order valence-electron chi connectivity index (χ0n) is 13.8. The molecule has 0 bridgehead atoms.